The second kappa shape index (κ2) is 9.46. The van der Waals surface area contributed by atoms with Gasteiger partial charge in [0.2, 0.25) is 0 Å². The molecule has 0 saturated carbocycles. The largest absolute Gasteiger partial charge is 0.455 e. The van der Waals surface area contributed by atoms with E-state index in [0.29, 0.717) is 22.2 Å². The van der Waals surface area contributed by atoms with E-state index in [1.54, 1.807) is 18.2 Å². The highest BCUT2D eigenvalue weighted by Crippen LogP contribution is 2.21. The van der Waals surface area contributed by atoms with Gasteiger partial charge >= 0.3 is 5.97 Å². The third-order valence-electron chi connectivity index (χ3n) is 3.66. The zero-order valence-corrected chi connectivity index (χ0v) is 16.1. The Balaban J connectivity index is 1.74. The summed E-state index contributed by atoms with van der Waals surface area (Å²) in [5.74, 6) is -0.892. The molecular weight excluding hydrogens is 375 g/mol. The van der Waals surface area contributed by atoms with E-state index in [1.165, 1.54) is 0 Å². The first-order valence-corrected chi connectivity index (χ1v) is 8.73. The second-order valence-electron chi connectivity index (χ2n) is 5.91. The molecule has 0 atom stereocenters. The van der Waals surface area contributed by atoms with Crippen LogP contribution in [-0.4, -0.2) is 32.6 Å². The fourth-order valence-corrected chi connectivity index (χ4v) is 2.66. The van der Waals surface area contributed by atoms with E-state index in [4.69, 9.17) is 27.9 Å². The number of amides is 1. The highest BCUT2D eigenvalue weighted by atomic mass is 35.5. The Morgan fingerprint density at radius 1 is 1.08 bits per heavy atom. The van der Waals surface area contributed by atoms with Gasteiger partial charge in [-0.25, -0.2) is 0 Å². The maximum atomic E-state index is 11.8. The van der Waals surface area contributed by atoms with Gasteiger partial charge in [0.15, 0.2) is 6.61 Å². The van der Waals surface area contributed by atoms with E-state index in [-0.39, 0.29) is 18.9 Å². The molecule has 0 aromatic heterocycles. The van der Waals surface area contributed by atoms with Crippen molar-refractivity contribution < 1.29 is 14.3 Å². The number of hydrogen-bond donors (Lipinski definition) is 1. The van der Waals surface area contributed by atoms with Gasteiger partial charge in [0, 0.05) is 36.4 Å². The predicted octanol–water partition coefficient (Wildman–Crippen LogP) is 3.46. The molecule has 0 radical (unpaired) electrons. The van der Waals surface area contributed by atoms with Crippen LogP contribution in [0.1, 0.15) is 11.1 Å². The van der Waals surface area contributed by atoms with Crippen LogP contribution in [0.5, 0.6) is 0 Å². The summed E-state index contributed by atoms with van der Waals surface area (Å²) in [5.41, 5.74) is 2.64. The molecule has 0 bridgehead atoms. The molecule has 2 aromatic carbocycles. The Morgan fingerprint density at radius 3 is 2.38 bits per heavy atom. The maximum absolute atomic E-state index is 11.8. The average molecular weight is 395 g/mol. The number of benzene rings is 2. The lowest BCUT2D eigenvalue weighted by molar-refractivity contribution is -0.147. The van der Waals surface area contributed by atoms with Gasteiger partial charge in [-0.2, -0.15) is 0 Å². The van der Waals surface area contributed by atoms with Crippen molar-refractivity contribution in [3.05, 3.63) is 63.6 Å². The fourth-order valence-electron chi connectivity index (χ4n) is 2.18. The normalized spacial score (nSPS) is 10.3. The number of ether oxygens (including phenoxy) is 1. The van der Waals surface area contributed by atoms with Crippen LogP contribution in [0.4, 0.5) is 5.69 Å². The van der Waals surface area contributed by atoms with Crippen LogP contribution in [0, 0.1) is 0 Å². The molecule has 2 aromatic rings. The molecule has 0 heterocycles. The minimum atomic E-state index is -0.528. The lowest BCUT2D eigenvalue weighted by Gasteiger charge is -2.13. The van der Waals surface area contributed by atoms with Gasteiger partial charge in [-0.15, -0.1) is 0 Å². The number of carbonyl (C=O) groups excluding carboxylic acids is 2. The van der Waals surface area contributed by atoms with Crippen LogP contribution < -0.4 is 10.2 Å². The predicted molar refractivity (Wildman–Crippen MR) is 104 cm³/mol. The zero-order chi connectivity index (χ0) is 19.1. The van der Waals surface area contributed by atoms with Crippen molar-refractivity contribution in [2.24, 2.45) is 0 Å². The highest BCUT2D eigenvalue weighted by Gasteiger charge is 2.11. The Bertz CT molecular complexity index is 777. The van der Waals surface area contributed by atoms with E-state index < -0.39 is 5.97 Å². The first-order chi connectivity index (χ1) is 12.3. The molecule has 1 N–H and O–H groups in total. The first-order valence-electron chi connectivity index (χ1n) is 7.97. The molecule has 1 amide bonds. The van der Waals surface area contributed by atoms with Crippen molar-refractivity contribution >= 4 is 40.8 Å². The topological polar surface area (TPSA) is 58.6 Å². The van der Waals surface area contributed by atoms with Crippen LogP contribution in [0.25, 0.3) is 0 Å². The van der Waals surface area contributed by atoms with E-state index in [9.17, 15) is 9.59 Å². The number of rotatable bonds is 7. The Morgan fingerprint density at radius 2 is 1.77 bits per heavy atom. The third kappa shape index (κ3) is 6.24. The second-order valence-corrected chi connectivity index (χ2v) is 6.75. The fraction of sp³-hybridized carbons (Fsp3) is 0.263. The number of nitrogens with one attached hydrogen (secondary N) is 1. The lowest BCUT2D eigenvalue weighted by atomic mass is 10.1. The van der Waals surface area contributed by atoms with E-state index in [2.05, 4.69) is 5.32 Å². The van der Waals surface area contributed by atoms with Crippen molar-refractivity contribution in [1.82, 2.24) is 5.32 Å². The van der Waals surface area contributed by atoms with Gasteiger partial charge in [0.25, 0.3) is 5.91 Å². The Hall–Kier alpha value is -2.24. The molecule has 2 rings (SSSR count). The maximum Gasteiger partial charge on any atom is 0.310 e. The smallest absolute Gasteiger partial charge is 0.310 e. The van der Waals surface area contributed by atoms with Gasteiger partial charge in [0.1, 0.15) is 0 Å². The summed E-state index contributed by atoms with van der Waals surface area (Å²) in [7, 11) is 3.92. The number of hydrogen-bond acceptors (Lipinski definition) is 4. The summed E-state index contributed by atoms with van der Waals surface area (Å²) < 4.78 is 4.98. The molecule has 0 spiro atoms. The van der Waals surface area contributed by atoms with Crippen LogP contribution in [0.3, 0.4) is 0 Å². The number of anilines is 1. The summed E-state index contributed by atoms with van der Waals surface area (Å²) in [4.78, 5) is 25.6. The van der Waals surface area contributed by atoms with Gasteiger partial charge in [0.05, 0.1) is 6.42 Å². The number of carbonyl (C=O) groups is 2. The molecule has 0 aliphatic rings. The van der Waals surface area contributed by atoms with Crippen LogP contribution in [0.15, 0.2) is 42.5 Å². The molecule has 7 heteroatoms. The number of halogens is 2. The molecule has 0 aliphatic carbocycles. The monoisotopic (exact) mass is 394 g/mol. The van der Waals surface area contributed by atoms with Crippen molar-refractivity contribution in [2.75, 3.05) is 25.6 Å². The van der Waals surface area contributed by atoms with E-state index >= 15 is 0 Å². The van der Waals surface area contributed by atoms with Gasteiger partial charge in [-0.05, 0) is 35.4 Å². The molecule has 138 valence electrons. The number of nitrogens with zero attached hydrogens (tertiary/aromatic N) is 1. The van der Waals surface area contributed by atoms with Gasteiger partial charge < -0.3 is 15.0 Å². The van der Waals surface area contributed by atoms with Crippen molar-refractivity contribution in [3.63, 3.8) is 0 Å². The highest BCUT2D eigenvalue weighted by molar-refractivity contribution is 6.35. The Labute approximate surface area is 162 Å². The summed E-state index contributed by atoms with van der Waals surface area (Å²) >= 11 is 11.8. The minimum absolute atomic E-state index is 0.0186. The molecular formula is C19H20Cl2N2O3. The summed E-state index contributed by atoms with van der Waals surface area (Å²) in [6, 6.07) is 12.7. The van der Waals surface area contributed by atoms with Crippen molar-refractivity contribution in [2.45, 2.75) is 13.0 Å². The summed E-state index contributed by atoms with van der Waals surface area (Å²) in [6.45, 7) is 0.0347. The van der Waals surface area contributed by atoms with Gasteiger partial charge in [-0.1, -0.05) is 41.4 Å². The first kappa shape index (κ1) is 20.1. The third-order valence-corrected chi connectivity index (χ3v) is 4.24. The average Bonchev–Trinajstić information content (AvgIpc) is 2.61. The minimum Gasteiger partial charge on any atom is -0.455 e. The van der Waals surface area contributed by atoms with Crippen LogP contribution >= 0.6 is 23.2 Å². The quantitative estimate of drug-likeness (QED) is 0.730. The summed E-state index contributed by atoms with van der Waals surface area (Å²) in [6.07, 6.45) is -0.0186. The van der Waals surface area contributed by atoms with Gasteiger partial charge in [-0.3, -0.25) is 9.59 Å². The molecule has 0 fully saturated rings. The Kier molecular flexibility index (Phi) is 7.30. The van der Waals surface area contributed by atoms with Crippen LogP contribution in [0.2, 0.25) is 10.0 Å². The van der Waals surface area contributed by atoms with E-state index in [1.807, 2.05) is 43.3 Å². The zero-order valence-electron chi connectivity index (χ0n) is 14.6. The van der Waals surface area contributed by atoms with E-state index in [0.717, 1.165) is 11.3 Å². The van der Waals surface area contributed by atoms with Crippen molar-refractivity contribution in [3.8, 4) is 0 Å². The lowest BCUT2D eigenvalue weighted by Crippen LogP contribution is -2.28. The van der Waals surface area contributed by atoms with Crippen LogP contribution in [-0.2, 0) is 27.3 Å². The summed E-state index contributed by atoms with van der Waals surface area (Å²) in [5, 5.41) is 3.59. The molecule has 0 unspecified atom stereocenters. The SMILES string of the molecule is CN(C)c1ccc(CNC(=O)COC(=O)Cc2ccc(Cl)cc2Cl)cc1. The molecule has 26 heavy (non-hydrogen) atoms. The standard InChI is InChI=1S/C19H20Cl2N2O3/c1-23(2)16-7-3-13(4-8-16)11-22-18(24)12-26-19(25)9-14-5-6-15(20)10-17(14)21/h3-8,10H,9,11-12H2,1-2H3,(H,22,24). The molecule has 0 aliphatic heterocycles. The number of esters is 1. The molecule has 0 saturated heterocycles. The molecule has 5 nitrogen and oxygen atoms in total. The van der Waals surface area contributed by atoms with Crippen molar-refractivity contribution in [1.29, 1.82) is 0 Å².